The minimum Gasteiger partial charge on any atom is -0.724 e. The SMILES string of the molecule is COC(=O)c1ccc(C(=O)OC)cc1.O=S(=O)([O-])OOS(=O)(=O)[O-].[K+].[K+]. The normalized spacial score (nSPS) is 10.2. The van der Waals surface area contributed by atoms with Gasteiger partial charge in [0.15, 0.2) is 0 Å². The zero-order valence-corrected chi connectivity index (χ0v) is 21.9. The van der Waals surface area contributed by atoms with E-state index in [1.165, 1.54) is 38.5 Å². The monoisotopic (exact) mass is 464 g/mol. The Balaban J connectivity index is -0.000000398. The summed E-state index contributed by atoms with van der Waals surface area (Å²) in [6.45, 7) is 0. The Labute approximate surface area is 234 Å². The maximum atomic E-state index is 11.0. The second-order valence-corrected chi connectivity index (χ2v) is 5.42. The molecule has 0 spiro atoms. The number of benzene rings is 1. The molecule has 1 aromatic carbocycles. The molecule has 16 heteroatoms. The van der Waals surface area contributed by atoms with Gasteiger partial charge in [-0.3, -0.25) is 0 Å². The van der Waals surface area contributed by atoms with E-state index in [0.29, 0.717) is 11.1 Å². The van der Waals surface area contributed by atoms with Crippen LogP contribution in [0.3, 0.4) is 0 Å². The molecule has 12 nitrogen and oxygen atoms in total. The standard InChI is InChI=1S/C10H10O4.2K.H2O8S2/c1-13-9(11)7-3-5-8(6-4-7)10(12)14-2;;;1-9(2,3)7-8-10(4,5)6/h3-6H,1-2H3;;;(H,1,2,3)(H,4,5,6)/q;2*+1;/p-2. The molecule has 0 aliphatic heterocycles. The van der Waals surface area contributed by atoms with Crippen LogP contribution in [-0.2, 0) is 38.9 Å². The van der Waals surface area contributed by atoms with Crippen molar-refractivity contribution in [1.82, 2.24) is 0 Å². The molecule has 0 amide bonds. The van der Waals surface area contributed by atoms with Gasteiger partial charge in [0.05, 0.1) is 25.3 Å². The van der Waals surface area contributed by atoms with Crippen LogP contribution < -0.4 is 103 Å². The second-order valence-electron chi connectivity index (χ2n) is 3.51. The first-order valence-electron chi connectivity index (χ1n) is 5.45. The van der Waals surface area contributed by atoms with E-state index in [0.717, 1.165) is 0 Å². The first-order valence-corrected chi connectivity index (χ1v) is 8.12. The quantitative estimate of drug-likeness (QED) is 0.100. The van der Waals surface area contributed by atoms with Crippen LogP contribution in [0.1, 0.15) is 20.7 Å². The van der Waals surface area contributed by atoms with Gasteiger partial charge >= 0.3 is 115 Å². The Morgan fingerprint density at radius 2 is 0.962 bits per heavy atom. The molecular weight excluding hydrogens is 454 g/mol. The molecule has 0 N–H and O–H groups in total. The van der Waals surface area contributed by atoms with E-state index in [1.807, 2.05) is 0 Å². The van der Waals surface area contributed by atoms with Crippen LogP contribution in [-0.4, -0.2) is 52.1 Å². The maximum absolute atomic E-state index is 11.0. The van der Waals surface area contributed by atoms with Crippen LogP contribution >= 0.6 is 0 Å². The molecule has 0 bridgehead atoms. The fourth-order valence-corrected chi connectivity index (χ4v) is 1.59. The number of carbonyl (C=O) groups excluding carboxylic acids is 2. The molecule has 0 atom stereocenters. The van der Waals surface area contributed by atoms with E-state index in [4.69, 9.17) is 0 Å². The van der Waals surface area contributed by atoms with Crippen molar-refractivity contribution < 1.29 is 156 Å². The Hall–Kier alpha value is 1.17. The number of ether oxygens (including phenoxy) is 2. The summed E-state index contributed by atoms with van der Waals surface area (Å²) >= 11 is 0. The molecule has 136 valence electrons. The van der Waals surface area contributed by atoms with Gasteiger partial charge in [-0.25, -0.2) is 26.4 Å². The van der Waals surface area contributed by atoms with Crippen molar-refractivity contribution in [2.45, 2.75) is 0 Å². The molecule has 26 heavy (non-hydrogen) atoms. The summed E-state index contributed by atoms with van der Waals surface area (Å²) in [6, 6.07) is 6.05. The maximum Gasteiger partial charge on any atom is 1.00 e. The summed E-state index contributed by atoms with van der Waals surface area (Å²) in [5, 5.41) is 0. The van der Waals surface area contributed by atoms with Gasteiger partial charge in [0.25, 0.3) is 0 Å². The summed E-state index contributed by atoms with van der Waals surface area (Å²) in [5.74, 6) is -0.858. The van der Waals surface area contributed by atoms with Crippen LogP contribution in [0.4, 0.5) is 0 Å². The zero-order chi connectivity index (χ0) is 19.0. The number of rotatable bonds is 5. The van der Waals surface area contributed by atoms with Gasteiger partial charge in [-0.15, -0.1) is 8.67 Å². The fraction of sp³-hybridized carbons (Fsp3) is 0.200. The second kappa shape index (κ2) is 15.1. The predicted octanol–water partition coefficient (Wildman–Crippen LogP) is -6.88. The van der Waals surface area contributed by atoms with Crippen molar-refractivity contribution in [3.63, 3.8) is 0 Å². The van der Waals surface area contributed by atoms with Gasteiger partial charge in [-0.1, -0.05) is 0 Å². The summed E-state index contributed by atoms with van der Waals surface area (Å²) < 4.78 is 70.5. The summed E-state index contributed by atoms with van der Waals surface area (Å²) in [5.41, 5.74) is 0.806. The van der Waals surface area contributed by atoms with Gasteiger partial charge < -0.3 is 18.6 Å². The van der Waals surface area contributed by atoms with E-state index in [9.17, 15) is 35.5 Å². The van der Waals surface area contributed by atoms with Crippen molar-refractivity contribution in [1.29, 1.82) is 0 Å². The molecular formula is C10H10K2O12S2. The van der Waals surface area contributed by atoms with Crippen molar-refractivity contribution in [2.24, 2.45) is 0 Å². The molecule has 0 fully saturated rings. The molecule has 0 saturated carbocycles. The first kappa shape index (κ1) is 31.9. The molecule has 0 aromatic heterocycles. The van der Waals surface area contributed by atoms with Gasteiger partial charge in [0.1, 0.15) is 0 Å². The Morgan fingerprint density at radius 3 is 1.12 bits per heavy atom. The van der Waals surface area contributed by atoms with Gasteiger partial charge in [0, 0.05) is 0 Å². The molecule has 0 aliphatic carbocycles. The number of esters is 2. The molecule has 1 aromatic rings. The number of methoxy groups -OCH3 is 2. The topological polar surface area (TPSA) is 185 Å². The Bertz CT molecular complexity index is 706. The molecule has 0 heterocycles. The van der Waals surface area contributed by atoms with Gasteiger partial charge in [-0.05, 0) is 24.3 Å². The molecule has 0 unspecified atom stereocenters. The summed E-state index contributed by atoms with van der Waals surface area (Å²) in [4.78, 5) is 22.1. The summed E-state index contributed by atoms with van der Waals surface area (Å²) in [7, 11) is -8.01. The van der Waals surface area contributed by atoms with Crippen molar-refractivity contribution >= 4 is 32.7 Å². The minimum atomic E-state index is -5.31. The third kappa shape index (κ3) is 16.2. The van der Waals surface area contributed by atoms with E-state index < -0.39 is 32.7 Å². The summed E-state index contributed by atoms with van der Waals surface area (Å²) in [6.07, 6.45) is 0. The number of hydrogen-bond donors (Lipinski definition) is 0. The largest absolute Gasteiger partial charge is 1.00 e. The van der Waals surface area contributed by atoms with Crippen molar-refractivity contribution in [3.05, 3.63) is 35.4 Å². The van der Waals surface area contributed by atoms with Gasteiger partial charge in [0.2, 0.25) is 20.8 Å². The van der Waals surface area contributed by atoms with Crippen LogP contribution in [0.15, 0.2) is 24.3 Å². The van der Waals surface area contributed by atoms with Crippen LogP contribution in [0.25, 0.3) is 0 Å². The number of carbonyl (C=O) groups is 2. The van der Waals surface area contributed by atoms with Gasteiger partial charge in [-0.2, -0.15) is 0 Å². The van der Waals surface area contributed by atoms with Crippen molar-refractivity contribution in [3.8, 4) is 0 Å². The molecule has 1 rings (SSSR count). The van der Waals surface area contributed by atoms with Crippen molar-refractivity contribution in [2.75, 3.05) is 14.2 Å². The van der Waals surface area contributed by atoms with E-state index in [-0.39, 0.29) is 103 Å². The minimum absolute atomic E-state index is 0. The average Bonchev–Trinajstić information content (AvgIpc) is 2.51. The zero-order valence-electron chi connectivity index (χ0n) is 14.0. The molecule has 0 aliphatic rings. The Kier molecular flexibility index (Phi) is 18.5. The molecule has 0 radical (unpaired) electrons. The van der Waals surface area contributed by atoms with E-state index in [2.05, 4.69) is 18.1 Å². The van der Waals surface area contributed by atoms with E-state index >= 15 is 0 Å². The predicted molar refractivity (Wildman–Crippen MR) is 70.7 cm³/mol. The smallest absolute Gasteiger partial charge is 0.724 e. The fourth-order valence-electron chi connectivity index (χ4n) is 1.05. The van der Waals surface area contributed by atoms with Crippen LogP contribution in [0.2, 0.25) is 0 Å². The number of hydrogen-bond acceptors (Lipinski definition) is 12. The van der Waals surface area contributed by atoms with Crippen LogP contribution in [0.5, 0.6) is 0 Å². The first-order chi connectivity index (χ1) is 10.9. The third-order valence-corrected chi connectivity index (χ3v) is 2.48. The molecule has 0 saturated heterocycles. The third-order valence-electron chi connectivity index (χ3n) is 1.92. The Morgan fingerprint density at radius 1 is 0.731 bits per heavy atom. The average molecular weight is 465 g/mol. The van der Waals surface area contributed by atoms with Crippen LogP contribution in [0, 0.1) is 0 Å². The van der Waals surface area contributed by atoms with E-state index in [1.54, 1.807) is 0 Å².